The van der Waals surface area contributed by atoms with Crippen molar-refractivity contribution in [2.75, 3.05) is 13.1 Å². The number of aliphatic hydroxyl groups is 1. The van der Waals surface area contributed by atoms with Gasteiger partial charge in [-0.3, -0.25) is 0 Å². The number of hydrogen-bond donors (Lipinski definition) is 1. The molecule has 1 aromatic carbocycles. The monoisotopic (exact) mass is 423 g/mol. The third-order valence-corrected chi connectivity index (χ3v) is 10.9. The highest BCUT2D eigenvalue weighted by atomic mass is 35.5. The average Bonchev–Trinajstić information content (AvgIpc) is 2.66. The summed E-state index contributed by atoms with van der Waals surface area (Å²) in [6, 6.07) is 7.04. The summed E-state index contributed by atoms with van der Waals surface area (Å²) in [5, 5.41) is 10.9. The van der Waals surface area contributed by atoms with E-state index in [4.69, 9.17) is 11.6 Å². The maximum atomic E-state index is 13.2. The first-order chi connectivity index (χ1) is 13.3. The van der Waals surface area contributed by atoms with Crippen LogP contribution in [0.4, 0.5) is 0 Å². The number of alkyl halides is 1. The Hall–Kier alpha value is -0.620. The molecule has 2 atom stereocenters. The molecule has 4 nitrogen and oxygen atoms in total. The fourth-order valence-corrected chi connectivity index (χ4v) is 8.99. The van der Waals surface area contributed by atoms with Crippen LogP contribution in [0.3, 0.4) is 0 Å². The number of aliphatic hydroxyl groups excluding tert-OH is 1. The van der Waals surface area contributed by atoms with Crippen LogP contribution in [-0.2, 0) is 10.0 Å². The number of halogens is 1. The van der Waals surface area contributed by atoms with Crippen LogP contribution in [0, 0.1) is 36.5 Å². The summed E-state index contributed by atoms with van der Waals surface area (Å²) < 4.78 is 28.1. The Balaban J connectivity index is 1.44. The molecular formula is C22H30ClNO3S. The molecule has 1 saturated heterocycles. The Morgan fingerprint density at radius 2 is 1.61 bits per heavy atom. The zero-order valence-electron chi connectivity index (χ0n) is 16.4. The minimum atomic E-state index is -3.56. The summed E-state index contributed by atoms with van der Waals surface area (Å²) in [5.41, 5.74) is 1.04. The van der Waals surface area contributed by atoms with Gasteiger partial charge in [0, 0.05) is 19.0 Å². The minimum Gasteiger partial charge on any atom is -0.393 e. The molecule has 0 unspecified atom stereocenters. The third kappa shape index (κ3) is 2.88. The number of rotatable bonds is 3. The molecule has 4 saturated carbocycles. The van der Waals surface area contributed by atoms with Gasteiger partial charge < -0.3 is 5.11 Å². The molecule has 154 valence electrons. The quantitative estimate of drug-likeness (QED) is 0.752. The summed E-state index contributed by atoms with van der Waals surface area (Å²) in [6.07, 6.45) is 5.93. The highest BCUT2D eigenvalue weighted by Gasteiger charge is 2.61. The first-order valence-electron chi connectivity index (χ1n) is 10.7. The predicted molar refractivity (Wildman–Crippen MR) is 110 cm³/mol. The van der Waals surface area contributed by atoms with Crippen LogP contribution in [-0.4, -0.2) is 41.9 Å². The van der Waals surface area contributed by atoms with Gasteiger partial charge in [0.15, 0.2) is 0 Å². The SMILES string of the molecule is Cc1ccc(S(=O)(=O)N2CC[C@H](O)[C@H](C3(Cl)C4CC5CC(C4)CC3C5)C2)cc1. The molecule has 0 radical (unpaired) electrons. The fourth-order valence-electron chi connectivity index (χ4n) is 6.93. The molecule has 0 spiro atoms. The molecule has 6 heteroatoms. The lowest BCUT2D eigenvalue weighted by Crippen LogP contribution is -2.64. The van der Waals surface area contributed by atoms with Gasteiger partial charge in [-0.05, 0) is 81.3 Å². The molecule has 0 aromatic heterocycles. The van der Waals surface area contributed by atoms with Gasteiger partial charge >= 0.3 is 0 Å². The van der Waals surface area contributed by atoms with Gasteiger partial charge in [0.25, 0.3) is 0 Å². The number of hydrogen-bond acceptors (Lipinski definition) is 3. The first kappa shape index (κ1) is 19.3. The van der Waals surface area contributed by atoms with Crippen LogP contribution in [0.1, 0.15) is 44.1 Å². The fraction of sp³-hybridized carbons (Fsp3) is 0.727. The Morgan fingerprint density at radius 1 is 1.04 bits per heavy atom. The lowest BCUT2D eigenvalue weighted by atomic mass is 9.48. The molecule has 6 rings (SSSR count). The third-order valence-electron chi connectivity index (χ3n) is 8.16. The van der Waals surface area contributed by atoms with E-state index in [0.717, 1.165) is 43.1 Å². The Labute approximate surface area is 173 Å². The second kappa shape index (κ2) is 6.69. The molecule has 1 heterocycles. The molecular weight excluding hydrogens is 394 g/mol. The van der Waals surface area contributed by atoms with Crippen LogP contribution in [0.25, 0.3) is 0 Å². The highest BCUT2D eigenvalue weighted by molar-refractivity contribution is 7.89. The van der Waals surface area contributed by atoms with Crippen molar-refractivity contribution in [1.29, 1.82) is 0 Å². The minimum absolute atomic E-state index is 0.182. The van der Waals surface area contributed by atoms with Crippen molar-refractivity contribution in [3.8, 4) is 0 Å². The molecule has 4 aliphatic carbocycles. The van der Waals surface area contributed by atoms with Gasteiger partial charge in [0.1, 0.15) is 0 Å². The topological polar surface area (TPSA) is 57.6 Å². The maximum Gasteiger partial charge on any atom is 0.243 e. The van der Waals surface area contributed by atoms with E-state index >= 15 is 0 Å². The second-order valence-corrected chi connectivity index (χ2v) is 12.4. The van der Waals surface area contributed by atoms with E-state index in [1.54, 1.807) is 16.4 Å². The molecule has 1 aliphatic heterocycles. The zero-order valence-corrected chi connectivity index (χ0v) is 18.0. The number of piperidine rings is 1. The predicted octanol–water partition coefficient (Wildman–Crippen LogP) is 3.80. The van der Waals surface area contributed by atoms with Crippen LogP contribution < -0.4 is 0 Å². The van der Waals surface area contributed by atoms with Crippen LogP contribution >= 0.6 is 11.6 Å². The molecule has 4 bridgehead atoms. The van der Waals surface area contributed by atoms with Gasteiger partial charge in [0.2, 0.25) is 10.0 Å². The van der Waals surface area contributed by atoms with Gasteiger partial charge in [0.05, 0.1) is 15.9 Å². The van der Waals surface area contributed by atoms with Crippen molar-refractivity contribution in [3.05, 3.63) is 29.8 Å². The van der Waals surface area contributed by atoms with Crippen LogP contribution in [0.15, 0.2) is 29.2 Å². The summed E-state index contributed by atoms with van der Waals surface area (Å²) in [7, 11) is -3.56. The van der Waals surface area contributed by atoms with E-state index in [2.05, 4.69) is 0 Å². The van der Waals surface area contributed by atoms with E-state index in [1.807, 2.05) is 19.1 Å². The smallest absolute Gasteiger partial charge is 0.243 e. The summed E-state index contributed by atoms with van der Waals surface area (Å²) in [6.45, 7) is 2.65. The second-order valence-electron chi connectivity index (χ2n) is 9.77. The molecule has 28 heavy (non-hydrogen) atoms. The van der Waals surface area contributed by atoms with E-state index in [-0.39, 0.29) is 5.92 Å². The van der Waals surface area contributed by atoms with Gasteiger partial charge in [-0.2, -0.15) is 4.31 Å². The molecule has 1 N–H and O–H groups in total. The van der Waals surface area contributed by atoms with Gasteiger partial charge in [-0.25, -0.2) is 8.42 Å². The number of sulfonamides is 1. The van der Waals surface area contributed by atoms with Crippen molar-refractivity contribution in [1.82, 2.24) is 4.31 Å². The molecule has 0 amide bonds. The summed E-state index contributed by atoms with van der Waals surface area (Å²) in [4.78, 5) is -0.115. The van der Waals surface area contributed by atoms with E-state index in [1.165, 1.54) is 6.42 Å². The van der Waals surface area contributed by atoms with Crippen molar-refractivity contribution in [2.24, 2.45) is 29.6 Å². The van der Waals surface area contributed by atoms with E-state index in [9.17, 15) is 13.5 Å². The van der Waals surface area contributed by atoms with Gasteiger partial charge in [-0.1, -0.05) is 17.7 Å². The zero-order chi connectivity index (χ0) is 19.7. The largest absolute Gasteiger partial charge is 0.393 e. The lowest BCUT2D eigenvalue weighted by Gasteiger charge is -2.62. The van der Waals surface area contributed by atoms with Crippen molar-refractivity contribution >= 4 is 21.6 Å². The van der Waals surface area contributed by atoms with Crippen molar-refractivity contribution in [2.45, 2.75) is 61.3 Å². The Bertz CT molecular complexity index is 825. The lowest BCUT2D eigenvalue weighted by molar-refractivity contribution is -0.0829. The van der Waals surface area contributed by atoms with Crippen molar-refractivity contribution < 1.29 is 13.5 Å². The average molecular weight is 424 g/mol. The van der Waals surface area contributed by atoms with Crippen LogP contribution in [0.5, 0.6) is 0 Å². The van der Waals surface area contributed by atoms with Crippen LogP contribution in [0.2, 0.25) is 0 Å². The van der Waals surface area contributed by atoms with E-state index in [0.29, 0.717) is 36.2 Å². The highest BCUT2D eigenvalue weighted by Crippen LogP contribution is 2.64. The summed E-state index contributed by atoms with van der Waals surface area (Å²) >= 11 is 7.40. The Morgan fingerprint density at radius 3 is 2.18 bits per heavy atom. The molecule has 5 fully saturated rings. The van der Waals surface area contributed by atoms with Crippen molar-refractivity contribution in [3.63, 3.8) is 0 Å². The van der Waals surface area contributed by atoms with Gasteiger partial charge in [-0.15, -0.1) is 11.6 Å². The van der Waals surface area contributed by atoms with E-state index < -0.39 is 21.0 Å². The number of aryl methyl sites for hydroxylation is 1. The maximum absolute atomic E-state index is 13.2. The molecule has 5 aliphatic rings. The number of benzene rings is 1. The molecule has 1 aromatic rings. The summed E-state index contributed by atoms with van der Waals surface area (Å²) in [5.74, 6) is 2.25. The Kier molecular flexibility index (Phi) is 4.63. The standard InChI is InChI=1S/C22H30ClNO3S/c1-14-2-4-19(5-3-14)28(26,27)24-7-6-21(25)20(13-24)22(23)17-9-15-8-16(11-17)12-18(22)10-15/h2-5,15-18,20-21,25H,6-13H2,1H3/t15?,16?,17?,18?,20-,21+,22?/m1/s1. The first-order valence-corrected chi connectivity index (χ1v) is 12.5. The normalized spacial score (nSPS) is 43.4. The number of nitrogens with zero attached hydrogens (tertiary/aromatic N) is 1.